The van der Waals surface area contributed by atoms with E-state index in [0.29, 0.717) is 17.8 Å². The molecule has 0 bridgehead atoms. The highest BCUT2D eigenvalue weighted by molar-refractivity contribution is 5.79. The molecule has 3 atom stereocenters. The van der Waals surface area contributed by atoms with Crippen molar-refractivity contribution in [1.82, 2.24) is 0 Å². The lowest BCUT2D eigenvalue weighted by Crippen LogP contribution is -2.43. The molecule has 0 N–H and O–H groups in total. The fourth-order valence-electron chi connectivity index (χ4n) is 3.52. The van der Waals surface area contributed by atoms with Gasteiger partial charge in [-0.05, 0) is 30.6 Å². The summed E-state index contributed by atoms with van der Waals surface area (Å²) in [4.78, 5) is 11.5. The minimum absolute atomic E-state index is 0.263. The van der Waals surface area contributed by atoms with Gasteiger partial charge in [0.2, 0.25) is 0 Å². The standard InChI is InChI=1S/C13H22O2/c1-13-8-7-11(14)9-10(13)5-3-4-6-12(13)15-2/h10,12H,3-9H2,1-2H3/t10-,12+,13+/m1/s1. The predicted octanol–water partition coefficient (Wildman–Crippen LogP) is 2.95. The number of carbonyl (C=O) groups excluding carboxylic acids is 1. The lowest BCUT2D eigenvalue weighted by atomic mass is 9.63. The molecule has 2 heteroatoms. The molecule has 0 spiro atoms. The van der Waals surface area contributed by atoms with Crippen molar-refractivity contribution in [2.75, 3.05) is 7.11 Å². The molecule has 0 aliphatic heterocycles. The van der Waals surface area contributed by atoms with Crippen LogP contribution in [0.3, 0.4) is 0 Å². The molecule has 2 rings (SSSR count). The maximum absolute atomic E-state index is 11.5. The Kier molecular flexibility index (Phi) is 3.15. The second-order valence-electron chi connectivity index (χ2n) is 5.45. The van der Waals surface area contributed by atoms with E-state index in [0.717, 1.165) is 19.3 Å². The molecule has 0 heterocycles. The van der Waals surface area contributed by atoms with Crippen LogP contribution in [0.15, 0.2) is 0 Å². The zero-order chi connectivity index (χ0) is 10.9. The normalized spacial score (nSPS) is 42.1. The van der Waals surface area contributed by atoms with Crippen molar-refractivity contribution >= 4 is 5.78 Å². The smallest absolute Gasteiger partial charge is 0.133 e. The number of ether oxygens (including phenoxy) is 1. The highest BCUT2D eigenvalue weighted by atomic mass is 16.5. The third kappa shape index (κ3) is 1.96. The Hall–Kier alpha value is -0.370. The molecule has 0 aromatic carbocycles. The van der Waals surface area contributed by atoms with E-state index in [-0.39, 0.29) is 5.41 Å². The SMILES string of the molecule is CO[C@H]1CCCC[C@@H]2CC(=O)CC[C@@]21C. The van der Waals surface area contributed by atoms with E-state index in [1.165, 1.54) is 25.7 Å². The van der Waals surface area contributed by atoms with Gasteiger partial charge in [-0.2, -0.15) is 0 Å². The quantitative estimate of drug-likeness (QED) is 0.665. The number of Topliss-reactive ketones (excluding diaryl/α,β-unsaturated/α-hetero) is 1. The first-order valence-electron chi connectivity index (χ1n) is 6.21. The van der Waals surface area contributed by atoms with Crippen molar-refractivity contribution < 1.29 is 9.53 Å². The number of ketones is 1. The van der Waals surface area contributed by atoms with Crippen LogP contribution in [0, 0.1) is 11.3 Å². The molecule has 2 nitrogen and oxygen atoms in total. The van der Waals surface area contributed by atoms with Crippen molar-refractivity contribution in [3.63, 3.8) is 0 Å². The largest absolute Gasteiger partial charge is 0.381 e. The van der Waals surface area contributed by atoms with Gasteiger partial charge in [0.15, 0.2) is 0 Å². The summed E-state index contributed by atoms with van der Waals surface area (Å²) >= 11 is 0. The van der Waals surface area contributed by atoms with E-state index < -0.39 is 0 Å². The van der Waals surface area contributed by atoms with Crippen molar-refractivity contribution in [3.05, 3.63) is 0 Å². The van der Waals surface area contributed by atoms with Crippen molar-refractivity contribution in [3.8, 4) is 0 Å². The molecule has 15 heavy (non-hydrogen) atoms. The second kappa shape index (κ2) is 4.25. The number of hydrogen-bond donors (Lipinski definition) is 0. The van der Waals surface area contributed by atoms with Gasteiger partial charge >= 0.3 is 0 Å². The van der Waals surface area contributed by atoms with E-state index in [9.17, 15) is 4.79 Å². The molecule has 0 aromatic rings. The zero-order valence-corrected chi connectivity index (χ0v) is 9.92. The fraction of sp³-hybridized carbons (Fsp3) is 0.923. The molecule has 2 fully saturated rings. The molecule has 2 aliphatic carbocycles. The van der Waals surface area contributed by atoms with Gasteiger partial charge in [-0.3, -0.25) is 4.79 Å². The lowest BCUT2D eigenvalue weighted by molar-refractivity contribution is -0.129. The van der Waals surface area contributed by atoms with Crippen LogP contribution < -0.4 is 0 Å². The van der Waals surface area contributed by atoms with E-state index in [1.807, 2.05) is 7.11 Å². The summed E-state index contributed by atoms with van der Waals surface area (Å²) in [6, 6.07) is 0. The molecule has 0 saturated heterocycles. The van der Waals surface area contributed by atoms with E-state index in [1.54, 1.807) is 0 Å². The van der Waals surface area contributed by atoms with Gasteiger partial charge < -0.3 is 4.74 Å². The fourth-order valence-corrected chi connectivity index (χ4v) is 3.52. The zero-order valence-electron chi connectivity index (χ0n) is 9.92. The van der Waals surface area contributed by atoms with Crippen LogP contribution in [0.2, 0.25) is 0 Å². The topological polar surface area (TPSA) is 26.3 Å². The van der Waals surface area contributed by atoms with Crippen LogP contribution in [0.1, 0.15) is 51.9 Å². The average Bonchev–Trinajstić information content (AvgIpc) is 2.38. The Labute approximate surface area is 92.4 Å². The first-order valence-corrected chi connectivity index (χ1v) is 6.21. The second-order valence-corrected chi connectivity index (χ2v) is 5.45. The van der Waals surface area contributed by atoms with Crippen LogP contribution in [-0.2, 0) is 9.53 Å². The molecule has 0 aromatic heterocycles. The van der Waals surface area contributed by atoms with Gasteiger partial charge in [0.05, 0.1) is 6.10 Å². The van der Waals surface area contributed by atoms with E-state index in [2.05, 4.69) is 6.92 Å². The molecule has 0 amide bonds. The highest BCUT2D eigenvalue weighted by Gasteiger charge is 2.45. The molecule has 86 valence electrons. The predicted molar refractivity (Wildman–Crippen MR) is 59.7 cm³/mol. The third-order valence-electron chi connectivity index (χ3n) is 4.64. The van der Waals surface area contributed by atoms with Gasteiger partial charge in [0.25, 0.3) is 0 Å². The van der Waals surface area contributed by atoms with E-state index >= 15 is 0 Å². The molecule has 2 saturated carbocycles. The van der Waals surface area contributed by atoms with Crippen LogP contribution in [0.4, 0.5) is 0 Å². The number of carbonyl (C=O) groups is 1. The number of rotatable bonds is 1. The van der Waals surface area contributed by atoms with Crippen LogP contribution in [0.5, 0.6) is 0 Å². The Morgan fingerprint density at radius 1 is 1.33 bits per heavy atom. The number of hydrogen-bond acceptors (Lipinski definition) is 2. The summed E-state index contributed by atoms with van der Waals surface area (Å²) in [6.07, 6.45) is 7.92. The monoisotopic (exact) mass is 210 g/mol. The Bertz CT molecular complexity index is 249. The van der Waals surface area contributed by atoms with Gasteiger partial charge in [-0.25, -0.2) is 0 Å². The minimum Gasteiger partial charge on any atom is -0.381 e. The first kappa shape index (κ1) is 11.1. The average molecular weight is 210 g/mol. The maximum atomic E-state index is 11.5. The van der Waals surface area contributed by atoms with Crippen LogP contribution in [-0.4, -0.2) is 19.0 Å². The third-order valence-corrected chi connectivity index (χ3v) is 4.64. The number of methoxy groups -OCH3 is 1. The maximum Gasteiger partial charge on any atom is 0.133 e. The summed E-state index contributed by atoms with van der Waals surface area (Å²) in [7, 11) is 1.83. The number of fused-ring (bicyclic) bond motifs is 1. The van der Waals surface area contributed by atoms with E-state index in [4.69, 9.17) is 4.74 Å². The van der Waals surface area contributed by atoms with Crippen LogP contribution in [0.25, 0.3) is 0 Å². The highest BCUT2D eigenvalue weighted by Crippen LogP contribution is 2.48. The van der Waals surface area contributed by atoms with Crippen molar-refractivity contribution in [1.29, 1.82) is 0 Å². The molecule has 2 aliphatic rings. The van der Waals surface area contributed by atoms with Gasteiger partial charge in [0.1, 0.15) is 5.78 Å². The van der Waals surface area contributed by atoms with Crippen molar-refractivity contribution in [2.24, 2.45) is 11.3 Å². The lowest BCUT2D eigenvalue weighted by Gasteiger charge is -2.44. The first-order chi connectivity index (χ1) is 7.16. The molecular weight excluding hydrogens is 188 g/mol. The van der Waals surface area contributed by atoms with Crippen LogP contribution >= 0.6 is 0 Å². The Morgan fingerprint density at radius 2 is 2.07 bits per heavy atom. The van der Waals surface area contributed by atoms with Crippen molar-refractivity contribution in [2.45, 2.75) is 58.0 Å². The molecular formula is C13H22O2. The molecule has 0 unspecified atom stereocenters. The molecule has 0 radical (unpaired) electrons. The summed E-state index contributed by atoms with van der Waals surface area (Å²) in [5.74, 6) is 1.04. The van der Waals surface area contributed by atoms with Gasteiger partial charge in [-0.15, -0.1) is 0 Å². The Balaban J connectivity index is 2.20. The summed E-state index contributed by atoms with van der Waals surface area (Å²) < 4.78 is 5.67. The Morgan fingerprint density at radius 3 is 2.80 bits per heavy atom. The summed E-state index contributed by atoms with van der Waals surface area (Å²) in [6.45, 7) is 2.34. The summed E-state index contributed by atoms with van der Waals surface area (Å²) in [5, 5.41) is 0. The summed E-state index contributed by atoms with van der Waals surface area (Å²) in [5.41, 5.74) is 0.263. The van der Waals surface area contributed by atoms with Gasteiger partial charge in [-0.1, -0.05) is 19.8 Å². The minimum atomic E-state index is 0.263. The van der Waals surface area contributed by atoms with Gasteiger partial charge in [0, 0.05) is 20.0 Å².